The van der Waals surface area contributed by atoms with Gasteiger partial charge in [0.15, 0.2) is 0 Å². The fraction of sp³-hybridized carbons (Fsp3) is 0.684. The second-order valence-corrected chi connectivity index (χ2v) is 6.83. The Morgan fingerprint density at radius 2 is 1.96 bits per heavy atom. The maximum absolute atomic E-state index is 10.6. The SMILES string of the molecule is COc1ccc(OC)c(C2CCCN2CC(O)CN2CCOCC2)c1. The molecule has 0 bridgehead atoms. The molecule has 3 rings (SSSR count). The Balaban J connectivity index is 1.65. The van der Waals surface area contributed by atoms with Crippen molar-refractivity contribution in [2.24, 2.45) is 0 Å². The highest BCUT2D eigenvalue weighted by molar-refractivity contribution is 5.42. The average Bonchev–Trinajstić information content (AvgIpc) is 3.09. The van der Waals surface area contributed by atoms with Gasteiger partial charge in [0.2, 0.25) is 0 Å². The van der Waals surface area contributed by atoms with Gasteiger partial charge in [0.1, 0.15) is 11.5 Å². The standard InChI is InChI=1S/C19H30N2O4/c1-23-16-5-6-19(24-2)17(12-16)18-4-3-7-21(18)14-15(22)13-20-8-10-25-11-9-20/h5-6,12,15,18,22H,3-4,7-11,13-14H2,1-2H3. The van der Waals surface area contributed by atoms with E-state index in [2.05, 4.69) is 15.9 Å². The third-order valence-electron chi connectivity index (χ3n) is 5.18. The highest BCUT2D eigenvalue weighted by Crippen LogP contribution is 2.38. The van der Waals surface area contributed by atoms with Crippen LogP contribution in [0.2, 0.25) is 0 Å². The van der Waals surface area contributed by atoms with Crippen molar-refractivity contribution in [2.45, 2.75) is 25.0 Å². The van der Waals surface area contributed by atoms with Crippen LogP contribution in [0.1, 0.15) is 24.4 Å². The molecule has 140 valence electrons. The van der Waals surface area contributed by atoms with Crippen molar-refractivity contribution in [1.82, 2.24) is 9.80 Å². The maximum atomic E-state index is 10.6. The van der Waals surface area contributed by atoms with E-state index in [-0.39, 0.29) is 12.1 Å². The fourth-order valence-corrected chi connectivity index (χ4v) is 3.91. The number of aliphatic hydroxyl groups is 1. The van der Waals surface area contributed by atoms with Crippen LogP contribution in [0.15, 0.2) is 18.2 Å². The number of morpholine rings is 1. The summed E-state index contributed by atoms with van der Waals surface area (Å²) in [6.07, 6.45) is 1.86. The Bertz CT molecular complexity index is 548. The topological polar surface area (TPSA) is 54.4 Å². The molecular weight excluding hydrogens is 320 g/mol. The van der Waals surface area contributed by atoms with Gasteiger partial charge in [-0.15, -0.1) is 0 Å². The number of hydrogen-bond donors (Lipinski definition) is 1. The summed E-state index contributed by atoms with van der Waals surface area (Å²) >= 11 is 0. The van der Waals surface area contributed by atoms with Crippen LogP contribution in [0.5, 0.6) is 11.5 Å². The molecule has 2 aliphatic rings. The molecule has 1 N–H and O–H groups in total. The summed E-state index contributed by atoms with van der Waals surface area (Å²) in [7, 11) is 3.39. The zero-order valence-electron chi connectivity index (χ0n) is 15.3. The number of rotatable bonds is 7. The summed E-state index contributed by atoms with van der Waals surface area (Å²) in [5, 5.41) is 10.6. The van der Waals surface area contributed by atoms with Crippen LogP contribution in [-0.2, 0) is 4.74 Å². The number of nitrogens with zero attached hydrogens (tertiary/aromatic N) is 2. The summed E-state index contributed by atoms with van der Waals surface area (Å²) in [4.78, 5) is 4.66. The summed E-state index contributed by atoms with van der Waals surface area (Å²) in [5.74, 6) is 1.73. The predicted octanol–water partition coefficient (Wildman–Crippen LogP) is 1.53. The van der Waals surface area contributed by atoms with Gasteiger partial charge < -0.3 is 19.3 Å². The minimum Gasteiger partial charge on any atom is -0.497 e. The molecule has 0 aromatic heterocycles. The molecule has 0 aliphatic carbocycles. The van der Waals surface area contributed by atoms with Crippen molar-refractivity contribution in [3.05, 3.63) is 23.8 Å². The molecule has 6 heteroatoms. The Labute approximate surface area is 150 Å². The number of hydrogen-bond acceptors (Lipinski definition) is 6. The molecule has 0 saturated carbocycles. The molecule has 2 fully saturated rings. The summed E-state index contributed by atoms with van der Waals surface area (Å²) in [6, 6.07) is 6.23. The van der Waals surface area contributed by atoms with E-state index in [1.807, 2.05) is 12.1 Å². The van der Waals surface area contributed by atoms with E-state index >= 15 is 0 Å². The van der Waals surface area contributed by atoms with E-state index in [4.69, 9.17) is 14.2 Å². The first-order chi connectivity index (χ1) is 12.2. The Hall–Kier alpha value is -1.34. The number of likely N-dealkylation sites (tertiary alicyclic amines) is 1. The van der Waals surface area contributed by atoms with E-state index < -0.39 is 0 Å². The molecule has 2 atom stereocenters. The molecule has 0 radical (unpaired) electrons. The second kappa shape index (κ2) is 8.85. The molecule has 2 aliphatic heterocycles. The highest BCUT2D eigenvalue weighted by atomic mass is 16.5. The Morgan fingerprint density at radius 3 is 2.68 bits per heavy atom. The number of methoxy groups -OCH3 is 2. The molecule has 2 unspecified atom stereocenters. The summed E-state index contributed by atoms with van der Waals surface area (Å²) in [5.41, 5.74) is 1.15. The van der Waals surface area contributed by atoms with Crippen LogP contribution in [0.4, 0.5) is 0 Å². The molecule has 1 aromatic rings. The maximum Gasteiger partial charge on any atom is 0.123 e. The quantitative estimate of drug-likeness (QED) is 0.805. The third-order valence-corrected chi connectivity index (χ3v) is 5.18. The highest BCUT2D eigenvalue weighted by Gasteiger charge is 2.30. The number of ether oxygens (including phenoxy) is 3. The third kappa shape index (κ3) is 4.64. The lowest BCUT2D eigenvalue weighted by Gasteiger charge is -2.32. The number of benzene rings is 1. The fourth-order valence-electron chi connectivity index (χ4n) is 3.91. The average molecular weight is 350 g/mol. The lowest BCUT2D eigenvalue weighted by Crippen LogP contribution is -2.44. The summed E-state index contributed by atoms with van der Waals surface area (Å²) in [6.45, 7) is 5.74. The lowest BCUT2D eigenvalue weighted by molar-refractivity contribution is 0.00578. The van der Waals surface area contributed by atoms with Crippen molar-refractivity contribution >= 4 is 0 Å². The molecule has 0 amide bonds. The van der Waals surface area contributed by atoms with Gasteiger partial charge in [0.25, 0.3) is 0 Å². The van der Waals surface area contributed by atoms with Crippen LogP contribution in [0.3, 0.4) is 0 Å². The van der Waals surface area contributed by atoms with Gasteiger partial charge in [0.05, 0.1) is 33.5 Å². The Morgan fingerprint density at radius 1 is 1.16 bits per heavy atom. The zero-order chi connectivity index (χ0) is 17.6. The van der Waals surface area contributed by atoms with Gasteiger partial charge in [-0.25, -0.2) is 0 Å². The van der Waals surface area contributed by atoms with Crippen LogP contribution < -0.4 is 9.47 Å². The van der Waals surface area contributed by atoms with E-state index in [0.29, 0.717) is 13.1 Å². The molecule has 2 saturated heterocycles. The minimum absolute atomic E-state index is 0.268. The first kappa shape index (κ1) is 18.5. The van der Waals surface area contributed by atoms with Gasteiger partial charge >= 0.3 is 0 Å². The monoisotopic (exact) mass is 350 g/mol. The number of aliphatic hydroxyl groups excluding tert-OH is 1. The normalized spacial score (nSPS) is 23.6. The first-order valence-corrected chi connectivity index (χ1v) is 9.15. The van der Waals surface area contributed by atoms with Crippen LogP contribution in [-0.4, -0.2) is 81.2 Å². The molecular formula is C19H30N2O4. The van der Waals surface area contributed by atoms with Gasteiger partial charge in [0, 0.05) is 37.8 Å². The van der Waals surface area contributed by atoms with Crippen molar-refractivity contribution in [2.75, 3.05) is 60.2 Å². The van der Waals surface area contributed by atoms with Crippen LogP contribution >= 0.6 is 0 Å². The minimum atomic E-state index is -0.352. The first-order valence-electron chi connectivity index (χ1n) is 9.15. The van der Waals surface area contributed by atoms with Gasteiger partial charge in [-0.05, 0) is 37.6 Å². The van der Waals surface area contributed by atoms with Crippen molar-refractivity contribution in [3.8, 4) is 11.5 Å². The Kier molecular flexibility index (Phi) is 6.53. The molecule has 1 aromatic carbocycles. The number of β-amino-alcohol motifs (C(OH)–C–C–N with tert-alkyl or cyclic N) is 1. The molecule has 6 nitrogen and oxygen atoms in total. The molecule has 2 heterocycles. The summed E-state index contributed by atoms with van der Waals surface area (Å²) < 4.78 is 16.3. The van der Waals surface area contributed by atoms with Gasteiger partial charge in [-0.2, -0.15) is 0 Å². The molecule has 25 heavy (non-hydrogen) atoms. The van der Waals surface area contributed by atoms with Crippen LogP contribution in [0.25, 0.3) is 0 Å². The van der Waals surface area contributed by atoms with E-state index in [0.717, 1.165) is 62.8 Å². The largest absolute Gasteiger partial charge is 0.497 e. The van der Waals surface area contributed by atoms with Crippen molar-refractivity contribution in [1.29, 1.82) is 0 Å². The smallest absolute Gasteiger partial charge is 0.123 e. The predicted molar refractivity (Wildman–Crippen MR) is 96.4 cm³/mol. The van der Waals surface area contributed by atoms with E-state index in [1.165, 1.54) is 0 Å². The van der Waals surface area contributed by atoms with E-state index in [1.54, 1.807) is 14.2 Å². The van der Waals surface area contributed by atoms with Crippen molar-refractivity contribution < 1.29 is 19.3 Å². The molecule has 0 spiro atoms. The zero-order valence-corrected chi connectivity index (χ0v) is 15.3. The van der Waals surface area contributed by atoms with Gasteiger partial charge in [-0.3, -0.25) is 9.80 Å². The lowest BCUT2D eigenvalue weighted by atomic mass is 10.0. The second-order valence-electron chi connectivity index (χ2n) is 6.83. The van der Waals surface area contributed by atoms with Gasteiger partial charge in [-0.1, -0.05) is 0 Å². The van der Waals surface area contributed by atoms with Crippen LogP contribution in [0, 0.1) is 0 Å². The van der Waals surface area contributed by atoms with E-state index in [9.17, 15) is 5.11 Å². The van der Waals surface area contributed by atoms with Crippen molar-refractivity contribution in [3.63, 3.8) is 0 Å².